The fourth-order valence-electron chi connectivity index (χ4n) is 4.63. The van der Waals surface area contributed by atoms with E-state index in [4.69, 9.17) is 4.42 Å². The van der Waals surface area contributed by atoms with E-state index >= 15 is 0 Å². The second-order valence-electron chi connectivity index (χ2n) is 7.30. The van der Waals surface area contributed by atoms with Crippen LogP contribution in [0, 0.1) is 5.92 Å². The van der Waals surface area contributed by atoms with Crippen molar-refractivity contribution in [2.75, 3.05) is 0 Å². The van der Waals surface area contributed by atoms with Gasteiger partial charge in [-0.15, -0.1) is 0 Å². The number of hydrogen-bond acceptors (Lipinski definition) is 2. The quantitative estimate of drug-likeness (QED) is 0.324. The molecule has 1 aromatic heterocycles. The van der Waals surface area contributed by atoms with Gasteiger partial charge in [0.2, 0.25) is 5.78 Å². The molecule has 0 spiro atoms. The van der Waals surface area contributed by atoms with Gasteiger partial charge in [-0.05, 0) is 63.6 Å². The molecular weight excluding hydrogens is 320 g/mol. The van der Waals surface area contributed by atoms with E-state index in [1.807, 2.05) is 0 Å². The van der Waals surface area contributed by atoms with Crippen molar-refractivity contribution >= 4 is 27.3 Å². The smallest absolute Gasteiger partial charge is 0.201 e. The number of carbonyl (C=O) groups excluding carboxylic acids is 1. The predicted octanol–water partition coefficient (Wildman–Crippen LogP) is 6.13. The van der Waals surface area contributed by atoms with Crippen molar-refractivity contribution in [2.45, 2.75) is 25.7 Å². The topological polar surface area (TPSA) is 30.2 Å². The van der Waals surface area contributed by atoms with Crippen LogP contribution < -0.4 is 0 Å². The van der Waals surface area contributed by atoms with Crippen LogP contribution in [-0.4, -0.2) is 5.78 Å². The number of Topliss-reactive ketones (excluding diaryl/α,β-unsaturated/α-hetero) is 1. The lowest BCUT2D eigenvalue weighted by molar-refractivity contribution is 0.0862. The molecule has 2 unspecified atom stereocenters. The second-order valence-corrected chi connectivity index (χ2v) is 7.30. The van der Waals surface area contributed by atoms with Crippen LogP contribution in [-0.2, 0) is 6.42 Å². The lowest BCUT2D eigenvalue weighted by Crippen LogP contribution is -2.26. The third-order valence-electron chi connectivity index (χ3n) is 5.94. The fraction of sp³-hybridized carbons (Fsp3) is 0.208. The van der Waals surface area contributed by atoms with Crippen molar-refractivity contribution in [1.29, 1.82) is 0 Å². The largest absolute Gasteiger partial charge is 0.461 e. The van der Waals surface area contributed by atoms with E-state index in [1.54, 1.807) is 18.4 Å². The number of furan rings is 1. The standard InChI is InChI=1S/C24H20O2/c1-15-18(24(25)22-7-4-14-26-22)11-9-17-10-12-20-19-6-3-2-5-16(19)8-13-21(20)23(15)17/h2-8,10,12-15,18H,9,11H2,1H3. The van der Waals surface area contributed by atoms with Crippen molar-refractivity contribution in [3.05, 3.63) is 83.8 Å². The minimum absolute atomic E-state index is 0.0225. The van der Waals surface area contributed by atoms with Crippen molar-refractivity contribution in [3.8, 4) is 0 Å². The summed E-state index contributed by atoms with van der Waals surface area (Å²) in [6, 6.07) is 21.0. The highest BCUT2D eigenvalue weighted by Crippen LogP contribution is 2.42. The average molecular weight is 340 g/mol. The summed E-state index contributed by atoms with van der Waals surface area (Å²) in [6.45, 7) is 2.19. The maximum atomic E-state index is 12.9. The Kier molecular flexibility index (Phi) is 3.46. The summed E-state index contributed by atoms with van der Waals surface area (Å²) in [6.07, 6.45) is 3.41. The van der Waals surface area contributed by atoms with E-state index < -0.39 is 0 Å². The zero-order valence-corrected chi connectivity index (χ0v) is 14.7. The Balaban J connectivity index is 1.68. The summed E-state index contributed by atoms with van der Waals surface area (Å²) in [4.78, 5) is 12.9. The summed E-state index contributed by atoms with van der Waals surface area (Å²) in [5.41, 5.74) is 2.72. The molecule has 2 atom stereocenters. The zero-order chi connectivity index (χ0) is 17.7. The molecule has 1 heterocycles. The summed E-state index contributed by atoms with van der Waals surface area (Å²) < 4.78 is 5.38. The van der Waals surface area contributed by atoms with Crippen LogP contribution >= 0.6 is 0 Å². The summed E-state index contributed by atoms with van der Waals surface area (Å²) in [7, 11) is 0. The lowest BCUT2D eigenvalue weighted by atomic mass is 9.72. The molecule has 0 amide bonds. The highest BCUT2D eigenvalue weighted by molar-refractivity contribution is 6.09. The van der Waals surface area contributed by atoms with Gasteiger partial charge in [-0.1, -0.05) is 55.5 Å². The van der Waals surface area contributed by atoms with Gasteiger partial charge in [0.15, 0.2) is 5.76 Å². The number of ketones is 1. The van der Waals surface area contributed by atoms with Gasteiger partial charge >= 0.3 is 0 Å². The molecule has 1 aliphatic rings. The van der Waals surface area contributed by atoms with Gasteiger partial charge in [-0.2, -0.15) is 0 Å². The van der Waals surface area contributed by atoms with Crippen LogP contribution in [0.5, 0.6) is 0 Å². The lowest BCUT2D eigenvalue weighted by Gasteiger charge is -2.31. The van der Waals surface area contributed by atoms with Crippen LogP contribution in [0.15, 0.2) is 71.3 Å². The summed E-state index contributed by atoms with van der Waals surface area (Å²) in [5, 5.41) is 5.09. The fourth-order valence-corrected chi connectivity index (χ4v) is 4.63. The van der Waals surface area contributed by atoms with Gasteiger partial charge in [0.25, 0.3) is 0 Å². The monoisotopic (exact) mass is 340 g/mol. The van der Waals surface area contributed by atoms with Crippen LogP contribution in [0.4, 0.5) is 0 Å². The van der Waals surface area contributed by atoms with Crippen molar-refractivity contribution in [1.82, 2.24) is 0 Å². The second kappa shape index (κ2) is 5.84. The molecule has 0 saturated heterocycles. The normalized spacial score (nSPS) is 19.6. The summed E-state index contributed by atoms with van der Waals surface area (Å²) >= 11 is 0. The van der Waals surface area contributed by atoms with Crippen LogP contribution in [0.25, 0.3) is 21.5 Å². The molecule has 1 aliphatic carbocycles. The maximum Gasteiger partial charge on any atom is 0.201 e. The Morgan fingerprint density at radius 2 is 1.77 bits per heavy atom. The first-order valence-electron chi connectivity index (χ1n) is 9.25. The Morgan fingerprint density at radius 1 is 0.923 bits per heavy atom. The Morgan fingerprint density at radius 3 is 2.62 bits per heavy atom. The Bertz CT molecular complexity index is 1120. The van der Waals surface area contributed by atoms with Crippen LogP contribution in [0.2, 0.25) is 0 Å². The van der Waals surface area contributed by atoms with Crippen LogP contribution in [0.1, 0.15) is 40.9 Å². The molecule has 0 saturated carbocycles. The Hall–Kier alpha value is -2.87. The molecule has 26 heavy (non-hydrogen) atoms. The van der Waals surface area contributed by atoms with Crippen molar-refractivity contribution in [3.63, 3.8) is 0 Å². The van der Waals surface area contributed by atoms with E-state index in [0.29, 0.717) is 5.76 Å². The van der Waals surface area contributed by atoms with Gasteiger partial charge in [0.05, 0.1) is 6.26 Å². The molecule has 0 N–H and O–H groups in total. The first kappa shape index (κ1) is 15.4. The number of hydrogen-bond donors (Lipinski definition) is 0. The molecule has 4 aromatic rings. The molecule has 128 valence electrons. The number of benzene rings is 3. The minimum Gasteiger partial charge on any atom is -0.461 e. The third-order valence-corrected chi connectivity index (χ3v) is 5.94. The number of fused-ring (bicyclic) bond motifs is 5. The first-order valence-corrected chi connectivity index (χ1v) is 9.25. The Labute approximate surface area is 152 Å². The van der Waals surface area contributed by atoms with E-state index in [2.05, 4.69) is 55.5 Å². The van der Waals surface area contributed by atoms with Gasteiger partial charge < -0.3 is 4.42 Å². The number of carbonyl (C=O) groups is 1. The van der Waals surface area contributed by atoms with Crippen LogP contribution in [0.3, 0.4) is 0 Å². The van der Waals surface area contributed by atoms with Gasteiger partial charge in [0, 0.05) is 5.92 Å². The van der Waals surface area contributed by atoms with E-state index in [9.17, 15) is 4.79 Å². The van der Waals surface area contributed by atoms with E-state index in [-0.39, 0.29) is 17.6 Å². The predicted molar refractivity (Wildman–Crippen MR) is 105 cm³/mol. The maximum absolute atomic E-state index is 12.9. The molecule has 2 heteroatoms. The molecule has 0 bridgehead atoms. The highest BCUT2D eigenvalue weighted by atomic mass is 16.3. The molecule has 2 nitrogen and oxygen atoms in total. The molecule has 3 aromatic carbocycles. The van der Waals surface area contributed by atoms with Gasteiger partial charge in [-0.25, -0.2) is 0 Å². The third kappa shape index (κ3) is 2.22. The first-order chi connectivity index (χ1) is 12.7. The van der Waals surface area contributed by atoms with Crippen molar-refractivity contribution in [2.24, 2.45) is 5.92 Å². The molecule has 0 fully saturated rings. The SMILES string of the molecule is CC1c2c(ccc3c2ccc2ccccc23)CCC1C(=O)c1ccco1. The number of aryl methyl sites for hydroxylation is 1. The van der Waals surface area contributed by atoms with E-state index in [0.717, 1.165) is 12.8 Å². The zero-order valence-electron chi connectivity index (χ0n) is 14.7. The average Bonchev–Trinajstić information content (AvgIpc) is 3.22. The highest BCUT2D eigenvalue weighted by Gasteiger charge is 2.34. The van der Waals surface area contributed by atoms with Crippen molar-refractivity contribution < 1.29 is 9.21 Å². The summed E-state index contributed by atoms with van der Waals surface area (Å²) in [5.74, 6) is 0.772. The minimum atomic E-state index is -0.0225. The molecular formula is C24H20O2. The van der Waals surface area contributed by atoms with Gasteiger partial charge in [0.1, 0.15) is 0 Å². The van der Waals surface area contributed by atoms with Gasteiger partial charge in [-0.3, -0.25) is 4.79 Å². The van der Waals surface area contributed by atoms with E-state index in [1.165, 1.54) is 32.7 Å². The molecule has 0 aliphatic heterocycles. The number of rotatable bonds is 2. The molecule has 5 rings (SSSR count). The molecule has 0 radical (unpaired) electrons.